The van der Waals surface area contributed by atoms with E-state index < -0.39 is 0 Å². The fraction of sp³-hybridized carbons (Fsp3) is 0.312. The van der Waals surface area contributed by atoms with E-state index in [2.05, 4.69) is 15.3 Å². The maximum absolute atomic E-state index is 12.1. The lowest BCUT2D eigenvalue weighted by Gasteiger charge is -2.22. The van der Waals surface area contributed by atoms with Crippen LogP contribution in [-0.2, 0) is 9.59 Å². The van der Waals surface area contributed by atoms with Crippen LogP contribution in [-0.4, -0.2) is 45.5 Å². The number of aromatic amines is 1. The molecule has 120 valence electrons. The smallest absolute Gasteiger partial charge is 0.233 e. The molecule has 1 aliphatic rings. The van der Waals surface area contributed by atoms with Gasteiger partial charge in [-0.3, -0.25) is 9.59 Å². The molecule has 2 amide bonds. The van der Waals surface area contributed by atoms with Gasteiger partial charge in [-0.2, -0.15) is 0 Å². The summed E-state index contributed by atoms with van der Waals surface area (Å²) < 4.78 is 0. The molecule has 1 aromatic heterocycles. The third-order valence-corrected chi connectivity index (χ3v) is 4.84. The number of nitrogens with one attached hydrogen (secondary N) is 2. The Morgan fingerprint density at radius 1 is 1.43 bits per heavy atom. The van der Waals surface area contributed by atoms with Gasteiger partial charge in [-0.25, -0.2) is 4.98 Å². The van der Waals surface area contributed by atoms with Gasteiger partial charge in [0.25, 0.3) is 0 Å². The Balaban J connectivity index is 1.73. The van der Waals surface area contributed by atoms with Crippen molar-refractivity contribution in [2.75, 3.05) is 18.8 Å². The molecule has 1 fully saturated rings. The van der Waals surface area contributed by atoms with E-state index in [1.165, 1.54) is 6.92 Å². The molecule has 1 saturated heterocycles. The number of imidazole rings is 1. The van der Waals surface area contributed by atoms with Crippen molar-refractivity contribution in [1.29, 1.82) is 0 Å². The molecule has 7 heteroatoms. The van der Waals surface area contributed by atoms with Crippen LogP contribution in [0.4, 0.5) is 0 Å². The van der Waals surface area contributed by atoms with Gasteiger partial charge in [0.05, 0.1) is 17.6 Å². The molecule has 0 bridgehead atoms. The zero-order valence-electron chi connectivity index (χ0n) is 12.8. The number of amides is 2. The average Bonchev–Trinajstić information content (AvgIpc) is 3.16. The molecular weight excluding hydrogens is 312 g/mol. The first kappa shape index (κ1) is 15.6. The van der Waals surface area contributed by atoms with Crippen LogP contribution in [0.2, 0.25) is 0 Å². The number of carbonyl (C=O) groups is 2. The van der Waals surface area contributed by atoms with Gasteiger partial charge in [-0.1, -0.05) is 30.3 Å². The third-order valence-electron chi connectivity index (χ3n) is 3.60. The third kappa shape index (κ3) is 3.56. The molecule has 1 aromatic carbocycles. The van der Waals surface area contributed by atoms with Crippen molar-refractivity contribution in [3.63, 3.8) is 0 Å². The van der Waals surface area contributed by atoms with Gasteiger partial charge in [0.15, 0.2) is 0 Å². The summed E-state index contributed by atoms with van der Waals surface area (Å²) in [5, 5.41) is 2.65. The van der Waals surface area contributed by atoms with Crippen LogP contribution >= 0.6 is 11.8 Å². The van der Waals surface area contributed by atoms with E-state index in [1.54, 1.807) is 22.9 Å². The molecule has 23 heavy (non-hydrogen) atoms. The standard InChI is InChI=1S/C16H18N4O2S/c1-11(21)17-7-8-20-14(22)10-23-16(20)13-9-18-15(19-13)12-5-3-2-4-6-12/h2-6,9,16H,7-8,10H2,1H3,(H,17,21)(H,18,19). The fourth-order valence-corrected chi connectivity index (χ4v) is 3.68. The minimum Gasteiger partial charge on any atom is -0.355 e. The highest BCUT2D eigenvalue weighted by atomic mass is 32.2. The second-order valence-corrected chi connectivity index (χ2v) is 6.36. The lowest BCUT2D eigenvalue weighted by Crippen LogP contribution is -2.36. The number of rotatable bonds is 5. The van der Waals surface area contributed by atoms with Gasteiger partial charge in [0.2, 0.25) is 11.8 Å². The molecule has 2 heterocycles. The van der Waals surface area contributed by atoms with E-state index in [1.807, 2.05) is 30.3 Å². The van der Waals surface area contributed by atoms with Gasteiger partial charge in [0.1, 0.15) is 11.2 Å². The summed E-state index contributed by atoms with van der Waals surface area (Å²) in [5.74, 6) is 1.24. The number of thioether (sulfide) groups is 1. The largest absolute Gasteiger partial charge is 0.355 e. The highest BCUT2D eigenvalue weighted by molar-refractivity contribution is 8.00. The average molecular weight is 330 g/mol. The van der Waals surface area contributed by atoms with Crippen LogP contribution in [0, 0.1) is 0 Å². The maximum atomic E-state index is 12.1. The Morgan fingerprint density at radius 3 is 2.96 bits per heavy atom. The maximum Gasteiger partial charge on any atom is 0.233 e. The van der Waals surface area contributed by atoms with E-state index in [4.69, 9.17) is 0 Å². The van der Waals surface area contributed by atoms with Gasteiger partial charge < -0.3 is 15.2 Å². The first-order valence-corrected chi connectivity index (χ1v) is 8.46. The van der Waals surface area contributed by atoms with Crippen molar-refractivity contribution in [3.05, 3.63) is 42.2 Å². The molecule has 1 atom stereocenters. The lowest BCUT2D eigenvalue weighted by atomic mass is 10.2. The molecule has 0 radical (unpaired) electrons. The lowest BCUT2D eigenvalue weighted by molar-refractivity contribution is -0.128. The van der Waals surface area contributed by atoms with Crippen molar-refractivity contribution >= 4 is 23.6 Å². The van der Waals surface area contributed by atoms with E-state index in [0.29, 0.717) is 18.8 Å². The first-order chi connectivity index (χ1) is 11.1. The summed E-state index contributed by atoms with van der Waals surface area (Å²) in [6.45, 7) is 2.42. The molecule has 0 spiro atoms. The summed E-state index contributed by atoms with van der Waals surface area (Å²) in [6.07, 6.45) is 1.78. The minimum absolute atomic E-state index is 0.0822. The Labute approximate surface area is 138 Å². The van der Waals surface area contributed by atoms with Crippen LogP contribution in [0.5, 0.6) is 0 Å². The molecule has 2 aromatic rings. The number of H-pyrrole nitrogens is 1. The monoisotopic (exact) mass is 330 g/mol. The second kappa shape index (κ2) is 6.87. The zero-order chi connectivity index (χ0) is 16.2. The Kier molecular flexibility index (Phi) is 4.66. The number of hydrogen-bond donors (Lipinski definition) is 2. The summed E-state index contributed by atoms with van der Waals surface area (Å²) >= 11 is 1.57. The number of carbonyl (C=O) groups excluding carboxylic acids is 2. The number of nitrogens with zero attached hydrogens (tertiary/aromatic N) is 2. The van der Waals surface area contributed by atoms with Crippen molar-refractivity contribution in [2.45, 2.75) is 12.3 Å². The Bertz CT molecular complexity index is 701. The molecule has 6 nitrogen and oxygen atoms in total. The topological polar surface area (TPSA) is 78.1 Å². The summed E-state index contributed by atoms with van der Waals surface area (Å²) in [7, 11) is 0. The van der Waals surface area contributed by atoms with Gasteiger partial charge in [0, 0.05) is 25.6 Å². The second-order valence-electron chi connectivity index (χ2n) is 5.29. The Morgan fingerprint density at radius 2 is 2.22 bits per heavy atom. The van der Waals surface area contributed by atoms with E-state index in [9.17, 15) is 9.59 Å². The van der Waals surface area contributed by atoms with E-state index in [0.717, 1.165) is 17.1 Å². The van der Waals surface area contributed by atoms with Crippen LogP contribution in [0.15, 0.2) is 36.5 Å². The van der Waals surface area contributed by atoms with Crippen molar-refractivity contribution in [3.8, 4) is 11.4 Å². The predicted octanol–water partition coefficient (Wildman–Crippen LogP) is 1.79. The predicted molar refractivity (Wildman–Crippen MR) is 89.6 cm³/mol. The normalized spacial score (nSPS) is 17.5. The van der Waals surface area contributed by atoms with Crippen molar-refractivity contribution in [2.24, 2.45) is 0 Å². The van der Waals surface area contributed by atoms with E-state index in [-0.39, 0.29) is 17.2 Å². The number of aromatic nitrogens is 2. The van der Waals surface area contributed by atoms with Crippen LogP contribution in [0.3, 0.4) is 0 Å². The number of benzene rings is 1. The highest BCUT2D eigenvalue weighted by Gasteiger charge is 2.33. The first-order valence-electron chi connectivity index (χ1n) is 7.41. The molecule has 0 aliphatic carbocycles. The quantitative estimate of drug-likeness (QED) is 0.876. The molecule has 1 aliphatic heterocycles. The fourth-order valence-electron chi connectivity index (χ4n) is 2.51. The molecule has 2 N–H and O–H groups in total. The van der Waals surface area contributed by atoms with Crippen molar-refractivity contribution in [1.82, 2.24) is 20.2 Å². The molecular formula is C16H18N4O2S. The van der Waals surface area contributed by atoms with E-state index >= 15 is 0 Å². The summed E-state index contributed by atoms with van der Waals surface area (Å²) in [5.41, 5.74) is 1.92. The number of hydrogen-bond acceptors (Lipinski definition) is 4. The molecule has 3 rings (SSSR count). The van der Waals surface area contributed by atoms with Crippen molar-refractivity contribution < 1.29 is 9.59 Å². The van der Waals surface area contributed by atoms with Crippen LogP contribution in [0.25, 0.3) is 11.4 Å². The van der Waals surface area contributed by atoms with Gasteiger partial charge in [-0.05, 0) is 0 Å². The van der Waals surface area contributed by atoms with Crippen LogP contribution < -0.4 is 5.32 Å². The summed E-state index contributed by atoms with van der Waals surface area (Å²) in [6, 6.07) is 9.87. The van der Waals surface area contributed by atoms with Crippen LogP contribution in [0.1, 0.15) is 18.0 Å². The molecule has 1 unspecified atom stereocenters. The highest BCUT2D eigenvalue weighted by Crippen LogP contribution is 2.37. The SMILES string of the molecule is CC(=O)NCCN1C(=O)CSC1c1cnc(-c2ccccc2)[nH]1. The summed E-state index contributed by atoms with van der Waals surface area (Å²) in [4.78, 5) is 32.6. The van der Waals surface area contributed by atoms with Gasteiger partial charge >= 0.3 is 0 Å². The molecule has 0 saturated carbocycles. The minimum atomic E-state index is -0.0891. The van der Waals surface area contributed by atoms with Gasteiger partial charge in [-0.15, -0.1) is 11.8 Å². The Hall–Kier alpha value is -2.28. The zero-order valence-corrected chi connectivity index (χ0v) is 13.6.